The Morgan fingerprint density at radius 1 is 0.345 bits per heavy atom. The summed E-state index contributed by atoms with van der Waals surface area (Å²) in [4.78, 5) is 76.2. The van der Waals surface area contributed by atoms with Gasteiger partial charge in [0.25, 0.3) is 0 Å². The lowest BCUT2D eigenvalue weighted by Crippen LogP contribution is -2.56. The summed E-state index contributed by atoms with van der Waals surface area (Å²) in [6.45, 7) is -1.64. The molecule has 31 nitrogen and oxygen atoms in total. The normalized spacial score (nSPS) is 20.9. The van der Waals surface area contributed by atoms with Gasteiger partial charge in [0.1, 0.15) is 30.0 Å². The van der Waals surface area contributed by atoms with Crippen molar-refractivity contribution < 1.29 is 155 Å². The zero-order valence-corrected chi connectivity index (χ0v) is 42.9. The number of aromatic hydroxyl groups is 19. The van der Waals surface area contributed by atoms with E-state index in [0.29, 0.717) is 18.2 Å². The number of cyclic esters (lactones) is 1. The van der Waals surface area contributed by atoms with Gasteiger partial charge in [0, 0.05) is 62.6 Å². The molecule has 0 spiro atoms. The van der Waals surface area contributed by atoms with Crippen LogP contribution in [-0.4, -0.2) is 169 Å². The second-order valence-electron chi connectivity index (χ2n) is 20.3. The number of benzene rings is 7. The Kier molecular flexibility index (Phi) is 12.1. The fourth-order valence-electron chi connectivity index (χ4n) is 11.6. The van der Waals surface area contributed by atoms with E-state index in [2.05, 4.69) is 0 Å². The Bertz CT molecular complexity index is 4350. The van der Waals surface area contributed by atoms with Gasteiger partial charge in [-0.3, -0.25) is 0 Å². The molecule has 31 heteroatoms. The number of aliphatic hydroxyl groups is 1. The minimum atomic E-state index is -3.01. The summed E-state index contributed by atoms with van der Waals surface area (Å²) in [6.07, 6.45) is -15.7. The fraction of sp³-hybridized carbons (Fsp3) is 0.161. The molecule has 6 heterocycles. The average Bonchev–Trinajstić information content (AvgIpc) is 1.29. The van der Waals surface area contributed by atoms with Crippen molar-refractivity contribution in [3.63, 3.8) is 0 Å². The van der Waals surface area contributed by atoms with Gasteiger partial charge in [0.15, 0.2) is 93.4 Å². The predicted molar refractivity (Wildman–Crippen MR) is 276 cm³/mol. The monoisotopic (exact) mass is 1210 g/mol. The summed E-state index contributed by atoms with van der Waals surface area (Å²) in [5.41, 5.74) is -17.4. The van der Waals surface area contributed by atoms with Gasteiger partial charge in [-0.05, 0) is 35.9 Å². The maximum absolute atomic E-state index is 15.9. The number of carbonyl (C=O) groups is 5. The molecule has 0 aliphatic carbocycles. The van der Waals surface area contributed by atoms with Gasteiger partial charge in [-0.2, -0.15) is 0 Å². The maximum Gasteiger partial charge on any atom is 0.340 e. The summed E-state index contributed by atoms with van der Waals surface area (Å²) in [6, 6.07) is 4.59. The van der Waals surface area contributed by atoms with Crippen molar-refractivity contribution in [1.82, 2.24) is 0 Å². The number of aliphatic hydroxyl groups excluding tert-OH is 1. The molecule has 0 fully saturated rings. The number of rotatable bonds is 2. The highest BCUT2D eigenvalue weighted by atomic mass is 16.6. The molecule has 0 amide bonds. The molecule has 6 bridgehead atoms. The lowest BCUT2D eigenvalue weighted by atomic mass is 9.73. The highest BCUT2D eigenvalue weighted by Gasteiger charge is 2.58. The quantitative estimate of drug-likeness (QED) is 0.0671. The SMILES string of the molecule is O=C1OC[C@H]2OC(=O)c3cc(O)c(O)c(O)c3-c3c(O)c(O)c(O)c4c3C(=O)O[C@H]([C@H]3OC(=O)c5c-4c(O)c(O)c(O)c5[C@H]3c3c(O)cc(O)c4c3O[C@H](c3ccc(O)c(O)c3)[C@@H](O)C4)[C@@H]2OC(=O)c2cc(O)c(O)c(O)c2-c2c1cc(O)c(O)c2O. The van der Waals surface area contributed by atoms with Crippen LogP contribution in [0.15, 0.2) is 42.5 Å². The molecule has 7 aromatic rings. The first-order chi connectivity index (χ1) is 41.0. The molecule has 0 saturated carbocycles. The first-order valence-electron chi connectivity index (χ1n) is 25.0. The molecule has 0 radical (unpaired) electrons. The van der Waals surface area contributed by atoms with E-state index < -0.39 is 278 Å². The minimum absolute atomic E-state index is 0.140. The van der Waals surface area contributed by atoms with Gasteiger partial charge in [0.05, 0.1) is 39.8 Å². The zero-order chi connectivity index (χ0) is 62.7. The number of carbonyl (C=O) groups excluding carboxylic acids is 5. The van der Waals surface area contributed by atoms with E-state index in [1.165, 1.54) is 0 Å². The van der Waals surface area contributed by atoms with E-state index in [4.69, 9.17) is 28.4 Å². The van der Waals surface area contributed by atoms with E-state index in [9.17, 15) is 107 Å². The van der Waals surface area contributed by atoms with Crippen LogP contribution in [0.1, 0.15) is 86.1 Å². The molecule has 0 aromatic heterocycles. The first kappa shape index (κ1) is 55.4. The van der Waals surface area contributed by atoms with Gasteiger partial charge < -0.3 is 131 Å². The van der Waals surface area contributed by atoms with Crippen molar-refractivity contribution in [2.45, 2.75) is 49.0 Å². The standard InChI is InChI=1S/C56H38O31/c57-15-2-1-10(3-17(15)59)47-22(64)4-11-16(58)8-18(60)27(48(11)84-47)32-31-34-30(43(73)46(76)44(31)74)29-33-28(41(71)45(75)42(29)72)26-14(7-21(63)37(67)40(26)70)53(78)83-23-9-82-52(77)12-5-19(61)35(65)38(68)24(12)25-13(6-20(62)36(66)39(25)69)54(79)85-49(23)51(87-56(33)81)50(32)86-55(34)80/h1-3,5-8,22-23,32,47,49-51,57-76H,4,9H2/t22-,23+,32+,47+,49+,50-,51-/m0/s1. The van der Waals surface area contributed by atoms with Crippen molar-refractivity contribution in [3.8, 4) is 148 Å². The molecule has 0 saturated heterocycles. The smallest absolute Gasteiger partial charge is 0.340 e. The number of phenols is 19. The number of phenolic OH excluding ortho intramolecular Hbond substituents is 19. The van der Waals surface area contributed by atoms with Crippen LogP contribution in [0.2, 0.25) is 0 Å². The molecular formula is C56H38O31. The van der Waals surface area contributed by atoms with E-state index in [-0.39, 0.29) is 11.6 Å². The minimum Gasteiger partial charge on any atom is -0.507 e. The predicted octanol–water partition coefficient (Wildman–Crippen LogP) is 3.28. The van der Waals surface area contributed by atoms with Crippen LogP contribution in [0.3, 0.4) is 0 Å². The molecule has 87 heavy (non-hydrogen) atoms. The van der Waals surface area contributed by atoms with Crippen molar-refractivity contribution >= 4 is 29.8 Å². The molecule has 0 unspecified atom stereocenters. The van der Waals surface area contributed by atoms with Crippen molar-refractivity contribution in [2.75, 3.05) is 6.61 Å². The van der Waals surface area contributed by atoms with Crippen LogP contribution in [0.25, 0.3) is 33.4 Å². The molecule has 6 aliphatic rings. The molecule has 13 rings (SSSR count). The van der Waals surface area contributed by atoms with Gasteiger partial charge in [-0.25, -0.2) is 24.0 Å². The van der Waals surface area contributed by atoms with Crippen LogP contribution in [0, 0.1) is 0 Å². The average molecular weight is 1210 g/mol. The van der Waals surface area contributed by atoms with Crippen LogP contribution >= 0.6 is 0 Å². The Morgan fingerprint density at radius 2 is 0.805 bits per heavy atom. The number of fused-ring (bicyclic) bond motifs is 8. The van der Waals surface area contributed by atoms with E-state index in [1.54, 1.807) is 0 Å². The summed E-state index contributed by atoms with van der Waals surface area (Å²) in [5, 5.41) is 228. The number of hydrogen-bond donors (Lipinski definition) is 20. The molecule has 448 valence electrons. The molecule has 7 aromatic carbocycles. The zero-order valence-electron chi connectivity index (χ0n) is 42.9. The Hall–Kier alpha value is -12.2. The molecular weight excluding hydrogens is 1170 g/mol. The third-order valence-corrected chi connectivity index (χ3v) is 15.5. The van der Waals surface area contributed by atoms with E-state index in [0.717, 1.165) is 18.2 Å². The lowest BCUT2D eigenvalue weighted by Gasteiger charge is -2.43. The third-order valence-electron chi connectivity index (χ3n) is 15.5. The lowest BCUT2D eigenvalue weighted by molar-refractivity contribution is -0.135. The fourth-order valence-corrected chi connectivity index (χ4v) is 11.6. The maximum atomic E-state index is 15.9. The van der Waals surface area contributed by atoms with Gasteiger partial charge in [-0.1, -0.05) is 6.07 Å². The Balaban J connectivity index is 1.24. The Morgan fingerprint density at radius 3 is 1.37 bits per heavy atom. The summed E-state index contributed by atoms with van der Waals surface area (Å²) >= 11 is 0. The van der Waals surface area contributed by atoms with Crippen molar-refractivity contribution in [3.05, 3.63) is 92.5 Å². The van der Waals surface area contributed by atoms with E-state index >= 15 is 19.2 Å². The summed E-state index contributed by atoms with van der Waals surface area (Å²) in [7, 11) is 0. The molecule has 6 aliphatic heterocycles. The van der Waals surface area contributed by atoms with E-state index in [1.807, 2.05) is 0 Å². The topological polar surface area (TPSA) is 545 Å². The second-order valence-corrected chi connectivity index (χ2v) is 20.3. The molecule has 20 N–H and O–H groups in total. The van der Waals surface area contributed by atoms with Crippen molar-refractivity contribution in [2.24, 2.45) is 0 Å². The van der Waals surface area contributed by atoms with Gasteiger partial charge >= 0.3 is 29.8 Å². The van der Waals surface area contributed by atoms with Crippen LogP contribution in [-0.2, 0) is 30.1 Å². The molecule has 7 atom stereocenters. The van der Waals surface area contributed by atoms with Gasteiger partial charge in [0.2, 0.25) is 28.7 Å². The summed E-state index contributed by atoms with van der Waals surface area (Å²) in [5.74, 6) is -40.6. The van der Waals surface area contributed by atoms with Crippen LogP contribution < -0.4 is 4.74 Å². The first-order valence-corrected chi connectivity index (χ1v) is 25.0. The number of hydrogen-bond acceptors (Lipinski definition) is 31. The van der Waals surface area contributed by atoms with Crippen LogP contribution in [0.4, 0.5) is 0 Å². The summed E-state index contributed by atoms with van der Waals surface area (Å²) < 4.78 is 35.9. The Labute approximate surface area is 479 Å². The van der Waals surface area contributed by atoms with Gasteiger partial charge in [-0.15, -0.1) is 0 Å². The second kappa shape index (κ2) is 18.9. The van der Waals surface area contributed by atoms with Crippen LogP contribution in [0.5, 0.6) is 115 Å². The number of ether oxygens (including phenoxy) is 6. The highest BCUT2D eigenvalue weighted by Crippen LogP contribution is 2.64. The van der Waals surface area contributed by atoms with Crippen molar-refractivity contribution in [1.29, 1.82) is 0 Å². The highest BCUT2D eigenvalue weighted by molar-refractivity contribution is 6.17. The third kappa shape index (κ3) is 7.75. The number of esters is 5. The largest absolute Gasteiger partial charge is 0.507 e.